The van der Waals surface area contributed by atoms with Crippen LogP contribution in [0.1, 0.15) is 33.2 Å². The number of hydrogen-bond acceptors (Lipinski definition) is 4. The van der Waals surface area contributed by atoms with Crippen LogP contribution in [0.4, 0.5) is 16.2 Å². The first-order valence-corrected chi connectivity index (χ1v) is 9.91. The van der Waals surface area contributed by atoms with Crippen molar-refractivity contribution in [1.29, 1.82) is 0 Å². The highest BCUT2D eigenvalue weighted by atomic mass is 16.5. The molecule has 1 aliphatic heterocycles. The second-order valence-electron chi connectivity index (χ2n) is 6.92. The second-order valence-corrected chi connectivity index (χ2v) is 6.92. The third-order valence-electron chi connectivity index (χ3n) is 4.86. The van der Waals surface area contributed by atoms with Crippen LogP contribution in [0.15, 0.2) is 72.8 Å². The van der Waals surface area contributed by atoms with Gasteiger partial charge in [-0.25, -0.2) is 9.69 Å². The zero-order valence-corrected chi connectivity index (χ0v) is 16.9. The van der Waals surface area contributed by atoms with Gasteiger partial charge in [-0.15, -0.1) is 0 Å². The second kappa shape index (κ2) is 8.71. The fourth-order valence-corrected chi connectivity index (χ4v) is 3.35. The molecule has 0 aromatic heterocycles. The highest BCUT2D eigenvalue weighted by Gasteiger charge is 2.36. The van der Waals surface area contributed by atoms with Crippen molar-refractivity contribution in [1.82, 2.24) is 5.32 Å². The number of benzene rings is 3. The number of carbonyl (C=O) groups excluding carboxylic acids is 3. The van der Waals surface area contributed by atoms with Gasteiger partial charge in [0.15, 0.2) is 0 Å². The fourth-order valence-electron chi connectivity index (χ4n) is 3.35. The maximum Gasteiger partial charge on any atom is 0.319 e. The molecule has 3 aromatic rings. The molecule has 0 fully saturated rings. The number of hydrogen-bond donors (Lipinski definition) is 2. The minimum atomic E-state index is -0.339. The highest BCUT2D eigenvalue weighted by Crippen LogP contribution is 2.28. The molecule has 4 rings (SSSR count). The Kier molecular flexibility index (Phi) is 5.66. The Morgan fingerprint density at radius 3 is 2.06 bits per heavy atom. The summed E-state index contributed by atoms with van der Waals surface area (Å²) in [6.07, 6.45) is 0. The van der Waals surface area contributed by atoms with Crippen molar-refractivity contribution < 1.29 is 19.1 Å². The standard InChI is InChI=1S/C24H21N3O4/c1-2-31-19-13-9-17(10-14-19)26-24(30)25-15-16-7-11-18(12-8-16)27-22(28)20-5-3-4-6-21(20)23(27)29/h3-14H,2,15H2,1H3,(H2,25,26,30). The third kappa shape index (κ3) is 4.25. The summed E-state index contributed by atoms with van der Waals surface area (Å²) in [6.45, 7) is 2.79. The lowest BCUT2D eigenvalue weighted by molar-refractivity contribution is 0.0926. The molecular weight excluding hydrogens is 394 g/mol. The lowest BCUT2D eigenvalue weighted by Gasteiger charge is -2.14. The number of rotatable bonds is 6. The number of nitrogens with zero attached hydrogens (tertiary/aromatic N) is 1. The lowest BCUT2D eigenvalue weighted by atomic mass is 10.1. The molecule has 7 heteroatoms. The van der Waals surface area contributed by atoms with Gasteiger partial charge in [0.1, 0.15) is 5.75 Å². The number of nitrogens with one attached hydrogen (secondary N) is 2. The van der Waals surface area contributed by atoms with Gasteiger partial charge in [0.05, 0.1) is 23.4 Å². The van der Waals surface area contributed by atoms with E-state index in [4.69, 9.17) is 4.74 Å². The summed E-state index contributed by atoms with van der Waals surface area (Å²) in [5, 5.41) is 5.54. The molecule has 1 aliphatic rings. The molecule has 2 N–H and O–H groups in total. The highest BCUT2D eigenvalue weighted by molar-refractivity contribution is 6.34. The van der Waals surface area contributed by atoms with Crippen molar-refractivity contribution in [3.05, 3.63) is 89.5 Å². The fraction of sp³-hybridized carbons (Fsp3) is 0.125. The van der Waals surface area contributed by atoms with Gasteiger partial charge >= 0.3 is 6.03 Å². The molecule has 0 saturated carbocycles. The predicted molar refractivity (Wildman–Crippen MR) is 117 cm³/mol. The first-order valence-electron chi connectivity index (χ1n) is 9.91. The van der Waals surface area contributed by atoms with E-state index in [1.807, 2.05) is 6.92 Å². The average molecular weight is 415 g/mol. The third-order valence-corrected chi connectivity index (χ3v) is 4.86. The van der Waals surface area contributed by atoms with Crippen LogP contribution in [0.25, 0.3) is 0 Å². The van der Waals surface area contributed by atoms with E-state index in [1.54, 1.807) is 72.8 Å². The molecule has 4 amide bonds. The summed E-state index contributed by atoms with van der Waals surface area (Å²) < 4.78 is 5.38. The van der Waals surface area contributed by atoms with E-state index in [0.29, 0.717) is 35.7 Å². The minimum absolute atomic E-state index is 0.297. The molecule has 0 saturated heterocycles. The van der Waals surface area contributed by atoms with Crippen molar-refractivity contribution in [3.63, 3.8) is 0 Å². The zero-order chi connectivity index (χ0) is 21.8. The van der Waals surface area contributed by atoms with Gasteiger partial charge in [0.25, 0.3) is 11.8 Å². The molecule has 0 unspecified atom stereocenters. The summed E-state index contributed by atoms with van der Waals surface area (Å²) in [6, 6.07) is 20.5. The van der Waals surface area contributed by atoms with Gasteiger partial charge < -0.3 is 15.4 Å². The Hall–Kier alpha value is -4.13. The molecule has 0 spiro atoms. The Balaban J connectivity index is 1.34. The number of carbonyl (C=O) groups is 3. The van der Waals surface area contributed by atoms with Gasteiger partial charge in [-0.05, 0) is 61.0 Å². The number of urea groups is 1. The monoisotopic (exact) mass is 415 g/mol. The largest absolute Gasteiger partial charge is 0.494 e. The van der Waals surface area contributed by atoms with E-state index in [-0.39, 0.29) is 17.8 Å². The summed E-state index contributed by atoms with van der Waals surface area (Å²) in [4.78, 5) is 38.4. The Labute approximate surface area is 179 Å². The maximum atomic E-state index is 12.6. The predicted octanol–water partition coefficient (Wildman–Crippen LogP) is 4.21. The number of fused-ring (bicyclic) bond motifs is 1. The van der Waals surface area contributed by atoms with Gasteiger partial charge in [0.2, 0.25) is 0 Å². The topological polar surface area (TPSA) is 87.7 Å². The lowest BCUT2D eigenvalue weighted by Crippen LogP contribution is -2.29. The molecule has 0 radical (unpaired) electrons. The van der Waals surface area contributed by atoms with Crippen LogP contribution < -0.4 is 20.3 Å². The molecule has 156 valence electrons. The van der Waals surface area contributed by atoms with Gasteiger partial charge in [-0.1, -0.05) is 24.3 Å². The normalized spacial score (nSPS) is 12.5. The molecule has 7 nitrogen and oxygen atoms in total. The first kappa shape index (κ1) is 20.2. The van der Waals surface area contributed by atoms with E-state index < -0.39 is 0 Å². The van der Waals surface area contributed by atoms with Crippen LogP contribution in [0, 0.1) is 0 Å². The average Bonchev–Trinajstić information content (AvgIpc) is 3.05. The van der Waals surface area contributed by atoms with E-state index in [0.717, 1.165) is 11.3 Å². The Morgan fingerprint density at radius 2 is 1.48 bits per heavy atom. The van der Waals surface area contributed by atoms with E-state index >= 15 is 0 Å². The van der Waals surface area contributed by atoms with Crippen molar-refractivity contribution in [2.45, 2.75) is 13.5 Å². The van der Waals surface area contributed by atoms with Crippen LogP contribution in [0.2, 0.25) is 0 Å². The van der Waals surface area contributed by atoms with E-state index in [2.05, 4.69) is 10.6 Å². The molecule has 1 heterocycles. The summed E-state index contributed by atoms with van der Waals surface area (Å²) in [5.41, 5.74) is 2.80. The van der Waals surface area contributed by atoms with Crippen LogP contribution >= 0.6 is 0 Å². The molecule has 0 atom stereocenters. The van der Waals surface area contributed by atoms with Gasteiger partial charge in [0, 0.05) is 12.2 Å². The number of imide groups is 1. The van der Waals surface area contributed by atoms with Crippen molar-refractivity contribution >= 4 is 29.2 Å². The molecule has 31 heavy (non-hydrogen) atoms. The van der Waals surface area contributed by atoms with Crippen LogP contribution in [0.5, 0.6) is 5.75 Å². The number of ether oxygens (including phenoxy) is 1. The van der Waals surface area contributed by atoms with Crippen LogP contribution in [0.3, 0.4) is 0 Å². The summed E-state index contributed by atoms with van der Waals surface area (Å²) in [5.74, 6) is 0.0778. The van der Waals surface area contributed by atoms with Crippen LogP contribution in [-0.4, -0.2) is 24.5 Å². The van der Waals surface area contributed by atoms with Crippen molar-refractivity contribution in [3.8, 4) is 5.75 Å². The minimum Gasteiger partial charge on any atom is -0.494 e. The molecule has 0 bridgehead atoms. The molecule has 0 aliphatic carbocycles. The number of anilines is 2. The smallest absolute Gasteiger partial charge is 0.319 e. The van der Waals surface area contributed by atoms with E-state index in [1.165, 1.54) is 4.90 Å². The van der Waals surface area contributed by atoms with Crippen molar-refractivity contribution in [2.75, 3.05) is 16.8 Å². The zero-order valence-electron chi connectivity index (χ0n) is 16.9. The SMILES string of the molecule is CCOc1ccc(NC(=O)NCc2ccc(N3C(=O)c4ccccc4C3=O)cc2)cc1. The Morgan fingerprint density at radius 1 is 0.871 bits per heavy atom. The summed E-state index contributed by atoms with van der Waals surface area (Å²) in [7, 11) is 0. The van der Waals surface area contributed by atoms with Gasteiger partial charge in [-0.3, -0.25) is 9.59 Å². The number of amides is 4. The van der Waals surface area contributed by atoms with E-state index in [9.17, 15) is 14.4 Å². The quantitative estimate of drug-likeness (QED) is 0.591. The van der Waals surface area contributed by atoms with Gasteiger partial charge in [-0.2, -0.15) is 0 Å². The molecule has 3 aromatic carbocycles. The van der Waals surface area contributed by atoms with Crippen LogP contribution in [-0.2, 0) is 6.54 Å². The van der Waals surface area contributed by atoms with Crippen molar-refractivity contribution in [2.24, 2.45) is 0 Å². The summed E-state index contributed by atoms with van der Waals surface area (Å²) >= 11 is 0. The molecular formula is C24H21N3O4. The first-order chi connectivity index (χ1) is 15.1. The Bertz CT molecular complexity index is 1090. The maximum absolute atomic E-state index is 12.6.